The van der Waals surface area contributed by atoms with Gasteiger partial charge in [0.2, 0.25) is 5.91 Å². The van der Waals surface area contributed by atoms with Gasteiger partial charge in [0.15, 0.2) is 5.78 Å². The largest absolute Gasteiger partial charge is 0.312 e. The van der Waals surface area contributed by atoms with Crippen molar-refractivity contribution in [3.05, 3.63) is 71.8 Å². The van der Waals surface area contributed by atoms with E-state index in [1.54, 1.807) is 29.2 Å². The zero-order valence-corrected chi connectivity index (χ0v) is 12.2. The third-order valence-electron chi connectivity index (χ3n) is 3.76. The van der Waals surface area contributed by atoms with Crippen LogP contribution in [0.1, 0.15) is 28.8 Å². The molecule has 0 saturated carbocycles. The Hall–Kier alpha value is -2.68. The molecule has 1 heterocycles. The highest BCUT2D eigenvalue weighted by Crippen LogP contribution is 2.21. The summed E-state index contributed by atoms with van der Waals surface area (Å²) in [5.74, 6) is 0.117. The molecule has 1 fully saturated rings. The molecule has 3 rings (SSSR count). The quantitative estimate of drug-likeness (QED) is 0.636. The minimum absolute atomic E-state index is 0.0387. The minimum atomic E-state index is -0.0387. The first-order valence-electron chi connectivity index (χ1n) is 7.42. The van der Waals surface area contributed by atoms with Gasteiger partial charge in [0, 0.05) is 24.2 Å². The standard InChI is InChI=1S/C19H17NO2/c21-18(13-8-15-5-2-1-3-6-15)16-9-11-17(12-10-16)20-14-4-7-19(20)22/h1-3,5-6,8-13H,4,7,14H2. The molecule has 1 aliphatic rings. The van der Waals surface area contributed by atoms with Crippen LogP contribution in [-0.4, -0.2) is 18.2 Å². The van der Waals surface area contributed by atoms with Gasteiger partial charge in [-0.15, -0.1) is 0 Å². The molecular formula is C19H17NO2. The van der Waals surface area contributed by atoms with Crippen LogP contribution in [0.4, 0.5) is 5.69 Å². The number of hydrogen-bond donors (Lipinski definition) is 0. The number of ketones is 1. The van der Waals surface area contributed by atoms with Gasteiger partial charge in [-0.2, -0.15) is 0 Å². The van der Waals surface area contributed by atoms with Crippen LogP contribution >= 0.6 is 0 Å². The Morgan fingerprint density at radius 1 is 1.00 bits per heavy atom. The van der Waals surface area contributed by atoms with E-state index in [9.17, 15) is 9.59 Å². The third-order valence-corrected chi connectivity index (χ3v) is 3.76. The van der Waals surface area contributed by atoms with Gasteiger partial charge in [0.05, 0.1) is 0 Å². The van der Waals surface area contributed by atoms with E-state index in [-0.39, 0.29) is 11.7 Å². The zero-order chi connectivity index (χ0) is 15.4. The summed E-state index contributed by atoms with van der Waals surface area (Å²) in [5.41, 5.74) is 2.49. The summed E-state index contributed by atoms with van der Waals surface area (Å²) >= 11 is 0. The van der Waals surface area contributed by atoms with Gasteiger partial charge >= 0.3 is 0 Å². The minimum Gasteiger partial charge on any atom is -0.312 e. The number of anilines is 1. The van der Waals surface area contributed by atoms with Gasteiger partial charge in [0.1, 0.15) is 0 Å². The Bertz CT molecular complexity index is 702. The van der Waals surface area contributed by atoms with Crippen molar-refractivity contribution in [1.29, 1.82) is 0 Å². The molecule has 1 saturated heterocycles. The molecule has 0 atom stereocenters. The molecule has 0 radical (unpaired) electrons. The molecular weight excluding hydrogens is 274 g/mol. The number of carbonyl (C=O) groups excluding carboxylic acids is 2. The van der Waals surface area contributed by atoms with Gasteiger partial charge < -0.3 is 4.90 Å². The summed E-state index contributed by atoms with van der Waals surface area (Å²) in [5, 5.41) is 0. The van der Waals surface area contributed by atoms with Crippen LogP contribution < -0.4 is 4.90 Å². The highest BCUT2D eigenvalue weighted by molar-refractivity contribution is 6.07. The van der Waals surface area contributed by atoms with Crippen molar-refractivity contribution in [2.45, 2.75) is 12.8 Å². The van der Waals surface area contributed by atoms with Gasteiger partial charge in [-0.25, -0.2) is 0 Å². The maximum absolute atomic E-state index is 12.1. The Morgan fingerprint density at radius 3 is 2.36 bits per heavy atom. The fraction of sp³-hybridized carbons (Fsp3) is 0.158. The van der Waals surface area contributed by atoms with Crippen LogP contribution in [0.5, 0.6) is 0 Å². The molecule has 0 aromatic heterocycles. The highest BCUT2D eigenvalue weighted by atomic mass is 16.2. The predicted octanol–water partition coefficient (Wildman–Crippen LogP) is 3.71. The van der Waals surface area contributed by atoms with E-state index in [0.717, 1.165) is 24.2 Å². The summed E-state index contributed by atoms with van der Waals surface area (Å²) in [6.07, 6.45) is 4.89. The van der Waals surface area contributed by atoms with Crippen LogP contribution in [0.15, 0.2) is 60.7 Å². The van der Waals surface area contributed by atoms with Crippen LogP contribution in [-0.2, 0) is 4.79 Å². The summed E-state index contributed by atoms with van der Waals surface area (Å²) in [7, 11) is 0. The number of nitrogens with zero attached hydrogens (tertiary/aromatic N) is 1. The third kappa shape index (κ3) is 3.14. The van der Waals surface area contributed by atoms with E-state index in [2.05, 4.69) is 0 Å². The summed E-state index contributed by atoms with van der Waals surface area (Å²) in [4.78, 5) is 25.6. The first-order chi connectivity index (χ1) is 10.7. The molecule has 0 N–H and O–H groups in total. The molecule has 110 valence electrons. The van der Waals surface area contributed by atoms with Crippen molar-refractivity contribution >= 4 is 23.5 Å². The lowest BCUT2D eigenvalue weighted by Gasteiger charge is -2.15. The van der Waals surface area contributed by atoms with E-state index >= 15 is 0 Å². The second kappa shape index (κ2) is 6.39. The summed E-state index contributed by atoms with van der Waals surface area (Å²) in [6, 6.07) is 16.9. The molecule has 1 aliphatic heterocycles. The lowest BCUT2D eigenvalue weighted by Crippen LogP contribution is -2.23. The van der Waals surface area contributed by atoms with Crippen molar-refractivity contribution in [2.75, 3.05) is 11.4 Å². The van der Waals surface area contributed by atoms with Crippen molar-refractivity contribution in [3.63, 3.8) is 0 Å². The fourth-order valence-corrected chi connectivity index (χ4v) is 2.56. The zero-order valence-electron chi connectivity index (χ0n) is 12.2. The molecule has 3 nitrogen and oxygen atoms in total. The predicted molar refractivity (Wildman–Crippen MR) is 87.8 cm³/mol. The molecule has 3 heteroatoms. The molecule has 0 unspecified atom stereocenters. The van der Waals surface area contributed by atoms with Crippen LogP contribution in [0.3, 0.4) is 0 Å². The number of allylic oxidation sites excluding steroid dienone is 1. The van der Waals surface area contributed by atoms with Crippen LogP contribution in [0.2, 0.25) is 0 Å². The van der Waals surface area contributed by atoms with Gasteiger partial charge in [-0.3, -0.25) is 9.59 Å². The van der Waals surface area contributed by atoms with Crippen LogP contribution in [0, 0.1) is 0 Å². The first kappa shape index (κ1) is 14.3. The SMILES string of the molecule is O=C(C=Cc1ccccc1)c1ccc(N2CCCC2=O)cc1. The van der Waals surface area contributed by atoms with Crippen LogP contribution in [0.25, 0.3) is 6.08 Å². The summed E-state index contributed by atoms with van der Waals surface area (Å²) < 4.78 is 0. The van der Waals surface area contributed by atoms with Gasteiger partial charge in [-0.1, -0.05) is 36.4 Å². The lowest BCUT2D eigenvalue weighted by atomic mass is 10.1. The Morgan fingerprint density at radius 2 is 1.73 bits per heavy atom. The normalized spacial score (nSPS) is 14.7. The fourth-order valence-electron chi connectivity index (χ4n) is 2.56. The second-order valence-electron chi connectivity index (χ2n) is 5.30. The van der Waals surface area contributed by atoms with Crippen molar-refractivity contribution in [1.82, 2.24) is 0 Å². The number of carbonyl (C=O) groups is 2. The smallest absolute Gasteiger partial charge is 0.227 e. The van der Waals surface area contributed by atoms with Crippen molar-refractivity contribution in [3.8, 4) is 0 Å². The number of benzene rings is 2. The van der Waals surface area contributed by atoms with Gasteiger partial charge in [-0.05, 0) is 42.3 Å². The maximum atomic E-state index is 12.1. The molecule has 2 aromatic carbocycles. The topological polar surface area (TPSA) is 37.4 Å². The molecule has 0 aliphatic carbocycles. The van der Waals surface area contributed by atoms with E-state index < -0.39 is 0 Å². The lowest BCUT2D eigenvalue weighted by molar-refractivity contribution is -0.117. The average Bonchev–Trinajstić information content (AvgIpc) is 3.00. The Labute approximate surface area is 129 Å². The van der Waals surface area contributed by atoms with E-state index in [0.29, 0.717) is 12.0 Å². The number of amides is 1. The van der Waals surface area contributed by atoms with E-state index in [4.69, 9.17) is 0 Å². The molecule has 0 spiro atoms. The number of hydrogen-bond acceptors (Lipinski definition) is 2. The molecule has 2 aromatic rings. The number of rotatable bonds is 4. The van der Waals surface area contributed by atoms with Crippen molar-refractivity contribution in [2.24, 2.45) is 0 Å². The monoisotopic (exact) mass is 291 g/mol. The first-order valence-corrected chi connectivity index (χ1v) is 7.42. The highest BCUT2D eigenvalue weighted by Gasteiger charge is 2.21. The van der Waals surface area contributed by atoms with E-state index in [1.165, 1.54) is 0 Å². The second-order valence-corrected chi connectivity index (χ2v) is 5.30. The summed E-state index contributed by atoms with van der Waals surface area (Å²) in [6.45, 7) is 0.764. The Balaban J connectivity index is 1.71. The molecule has 1 amide bonds. The van der Waals surface area contributed by atoms with Crippen molar-refractivity contribution < 1.29 is 9.59 Å². The molecule has 0 bridgehead atoms. The van der Waals surface area contributed by atoms with E-state index in [1.807, 2.05) is 42.5 Å². The molecule has 22 heavy (non-hydrogen) atoms. The average molecular weight is 291 g/mol. The van der Waals surface area contributed by atoms with Gasteiger partial charge in [0.25, 0.3) is 0 Å². The Kier molecular flexibility index (Phi) is 4.15. The maximum Gasteiger partial charge on any atom is 0.227 e.